The van der Waals surface area contributed by atoms with Crippen molar-refractivity contribution in [3.8, 4) is 5.75 Å². The van der Waals surface area contributed by atoms with Crippen LogP contribution in [0.2, 0.25) is 5.02 Å². The van der Waals surface area contributed by atoms with Crippen LogP contribution in [0.25, 0.3) is 0 Å². The third-order valence-corrected chi connectivity index (χ3v) is 5.93. The minimum atomic E-state index is -0.525. The van der Waals surface area contributed by atoms with Crippen LogP contribution in [-0.4, -0.2) is 60.0 Å². The summed E-state index contributed by atoms with van der Waals surface area (Å²) in [6.45, 7) is 3.96. The topological polar surface area (TPSA) is 97.8 Å². The highest BCUT2D eigenvalue weighted by Crippen LogP contribution is 2.29. The first-order valence-corrected chi connectivity index (χ1v) is 11.4. The lowest BCUT2D eigenvalue weighted by atomic mass is 10.1. The Kier molecular flexibility index (Phi) is 7.30. The van der Waals surface area contributed by atoms with Crippen molar-refractivity contribution in [1.29, 1.82) is 0 Å². The molecule has 2 amide bonds. The molecule has 0 saturated carbocycles. The molecule has 3 aromatic rings. The van der Waals surface area contributed by atoms with Crippen molar-refractivity contribution in [1.82, 2.24) is 9.88 Å². The first-order valence-electron chi connectivity index (χ1n) is 11.0. The molecule has 2 aromatic carbocycles. The van der Waals surface area contributed by atoms with E-state index >= 15 is 0 Å². The van der Waals surface area contributed by atoms with Crippen molar-refractivity contribution in [2.24, 2.45) is 0 Å². The van der Waals surface area contributed by atoms with Crippen LogP contribution in [0.15, 0.2) is 60.8 Å². The number of aromatic hydroxyl groups is 1. The van der Waals surface area contributed by atoms with Crippen LogP contribution >= 0.6 is 11.6 Å². The lowest BCUT2D eigenvalue weighted by Gasteiger charge is -2.23. The van der Waals surface area contributed by atoms with Crippen LogP contribution in [0.5, 0.6) is 5.75 Å². The second-order valence-corrected chi connectivity index (χ2v) is 8.60. The van der Waals surface area contributed by atoms with Crippen molar-refractivity contribution < 1.29 is 14.7 Å². The normalized spacial score (nSPS) is 14.4. The number of hydrogen-bond donors (Lipinski definition) is 3. The van der Waals surface area contributed by atoms with Crippen molar-refractivity contribution in [2.45, 2.75) is 6.42 Å². The maximum Gasteiger partial charge on any atom is 0.259 e. The van der Waals surface area contributed by atoms with Gasteiger partial charge in [-0.15, -0.1) is 0 Å². The Hall–Kier alpha value is -3.62. The summed E-state index contributed by atoms with van der Waals surface area (Å²) < 4.78 is 0. The summed E-state index contributed by atoms with van der Waals surface area (Å²) in [6.07, 6.45) is 2.50. The first-order chi connectivity index (χ1) is 16.4. The number of nitrogens with one attached hydrogen (secondary N) is 2. The molecule has 1 saturated heterocycles. The van der Waals surface area contributed by atoms with Gasteiger partial charge in [0.2, 0.25) is 0 Å². The number of pyridine rings is 1. The Bertz CT molecular complexity index is 1170. The zero-order valence-corrected chi connectivity index (χ0v) is 19.5. The molecule has 9 heteroatoms. The Morgan fingerprint density at radius 3 is 2.47 bits per heavy atom. The van der Waals surface area contributed by atoms with E-state index in [4.69, 9.17) is 11.6 Å². The highest BCUT2D eigenvalue weighted by Gasteiger charge is 2.19. The van der Waals surface area contributed by atoms with Crippen LogP contribution in [-0.2, 0) is 0 Å². The van der Waals surface area contributed by atoms with E-state index in [9.17, 15) is 14.7 Å². The Labute approximate surface area is 203 Å². The number of halogens is 1. The molecule has 2 heterocycles. The summed E-state index contributed by atoms with van der Waals surface area (Å²) >= 11 is 5.83. The molecule has 8 nitrogen and oxygen atoms in total. The van der Waals surface area contributed by atoms with Crippen molar-refractivity contribution in [3.05, 3.63) is 76.9 Å². The molecule has 0 radical (unpaired) electrons. The second kappa shape index (κ2) is 10.5. The van der Waals surface area contributed by atoms with Gasteiger partial charge in [-0.2, -0.15) is 0 Å². The van der Waals surface area contributed by atoms with Crippen molar-refractivity contribution in [3.63, 3.8) is 0 Å². The number of aromatic nitrogens is 1. The highest BCUT2D eigenvalue weighted by atomic mass is 35.5. The van der Waals surface area contributed by atoms with Gasteiger partial charge in [-0.1, -0.05) is 17.7 Å². The van der Waals surface area contributed by atoms with Crippen LogP contribution in [0, 0.1) is 0 Å². The number of anilines is 3. The smallest absolute Gasteiger partial charge is 0.259 e. The number of rotatable bonds is 5. The largest absolute Gasteiger partial charge is 0.506 e. The molecule has 0 bridgehead atoms. The van der Waals surface area contributed by atoms with E-state index in [0.29, 0.717) is 16.4 Å². The number of nitrogens with zero attached hydrogens (tertiary/aromatic N) is 3. The standard InChI is InChI=1S/C25H26ClN5O3/c1-30-12-3-13-31(15-14-30)19-9-6-17(7-10-19)24(33)29-23-20(4-2-5-21(23)32)25(34)28-22-11-8-18(26)16-27-22/h2,4-11,16,32H,3,12-15H2,1H3,(H,29,33)(H,27,28,34). The van der Waals surface area contributed by atoms with Gasteiger partial charge in [-0.05, 0) is 68.5 Å². The molecule has 0 aliphatic carbocycles. The number of carbonyl (C=O) groups is 2. The van der Waals surface area contributed by atoms with E-state index in [1.165, 1.54) is 24.4 Å². The van der Waals surface area contributed by atoms with E-state index in [2.05, 4.69) is 32.5 Å². The summed E-state index contributed by atoms with van der Waals surface area (Å²) in [4.78, 5) is 34.4. The van der Waals surface area contributed by atoms with Gasteiger partial charge in [0, 0.05) is 37.1 Å². The molecule has 1 aliphatic heterocycles. The molecule has 176 valence electrons. The molecule has 1 aromatic heterocycles. The van der Waals surface area contributed by atoms with Crippen molar-refractivity contribution >= 4 is 40.6 Å². The van der Waals surface area contributed by atoms with Gasteiger partial charge in [0.15, 0.2) is 0 Å². The number of phenolic OH excluding ortho intramolecular Hbond substituents is 1. The Balaban J connectivity index is 1.48. The van der Waals surface area contributed by atoms with Crippen LogP contribution in [0.4, 0.5) is 17.2 Å². The zero-order valence-electron chi connectivity index (χ0n) is 18.8. The number of phenols is 1. The number of benzene rings is 2. The quantitative estimate of drug-likeness (QED) is 0.477. The average Bonchev–Trinajstić information content (AvgIpc) is 3.06. The summed E-state index contributed by atoms with van der Waals surface area (Å²) in [5, 5.41) is 16.1. The maximum absolute atomic E-state index is 12.9. The van der Waals surface area contributed by atoms with Gasteiger partial charge in [0.25, 0.3) is 11.8 Å². The number of carbonyl (C=O) groups excluding carboxylic acids is 2. The van der Waals surface area contributed by atoms with Gasteiger partial charge < -0.3 is 25.5 Å². The lowest BCUT2D eigenvalue weighted by Crippen LogP contribution is -2.28. The van der Waals surface area contributed by atoms with Gasteiger partial charge in [-0.3, -0.25) is 9.59 Å². The number of likely N-dealkylation sites (N-methyl/N-ethyl adjacent to an activating group) is 1. The minimum Gasteiger partial charge on any atom is -0.506 e. The third kappa shape index (κ3) is 5.65. The van der Waals surface area contributed by atoms with Crippen LogP contribution in [0.3, 0.4) is 0 Å². The van der Waals surface area contributed by atoms with Gasteiger partial charge in [0.1, 0.15) is 11.6 Å². The number of hydrogen-bond acceptors (Lipinski definition) is 6. The minimum absolute atomic E-state index is 0.0265. The lowest BCUT2D eigenvalue weighted by molar-refractivity contribution is 0.102. The van der Waals surface area contributed by atoms with Gasteiger partial charge >= 0.3 is 0 Å². The maximum atomic E-state index is 12.9. The SMILES string of the molecule is CN1CCCN(c2ccc(C(=O)Nc3c(O)cccc3C(=O)Nc3ccc(Cl)cn3)cc2)CC1. The second-order valence-electron chi connectivity index (χ2n) is 8.16. The number of para-hydroxylation sites is 1. The molecule has 3 N–H and O–H groups in total. The molecule has 0 spiro atoms. The fourth-order valence-electron chi connectivity index (χ4n) is 3.81. The molecular formula is C25H26ClN5O3. The average molecular weight is 480 g/mol. The van der Waals surface area contributed by atoms with Crippen molar-refractivity contribution in [2.75, 3.05) is 48.8 Å². The predicted molar refractivity (Wildman–Crippen MR) is 134 cm³/mol. The summed E-state index contributed by atoms with van der Waals surface area (Å²) in [6, 6.07) is 15.0. The van der Waals surface area contributed by atoms with E-state index in [1.807, 2.05) is 12.1 Å². The molecule has 34 heavy (non-hydrogen) atoms. The molecule has 1 fully saturated rings. The fraction of sp³-hybridized carbons (Fsp3) is 0.240. The Morgan fingerprint density at radius 2 is 1.74 bits per heavy atom. The monoisotopic (exact) mass is 479 g/mol. The van der Waals surface area contributed by atoms with E-state index in [-0.39, 0.29) is 17.0 Å². The van der Waals surface area contributed by atoms with Gasteiger partial charge in [-0.25, -0.2) is 4.98 Å². The highest BCUT2D eigenvalue weighted by molar-refractivity contribution is 6.30. The van der Waals surface area contributed by atoms with Crippen LogP contribution in [0.1, 0.15) is 27.1 Å². The Morgan fingerprint density at radius 1 is 0.941 bits per heavy atom. The van der Waals surface area contributed by atoms with Gasteiger partial charge in [0.05, 0.1) is 16.3 Å². The van der Waals surface area contributed by atoms with E-state index in [1.54, 1.807) is 24.3 Å². The predicted octanol–water partition coefficient (Wildman–Crippen LogP) is 4.09. The zero-order chi connectivity index (χ0) is 24.1. The van der Waals surface area contributed by atoms with E-state index < -0.39 is 11.8 Å². The van der Waals surface area contributed by atoms with E-state index in [0.717, 1.165) is 38.3 Å². The number of amides is 2. The molecule has 4 rings (SSSR count). The molecule has 0 atom stereocenters. The molecule has 0 unspecified atom stereocenters. The fourth-order valence-corrected chi connectivity index (χ4v) is 3.92. The first kappa shape index (κ1) is 23.5. The van der Waals surface area contributed by atoms with Crippen LogP contribution < -0.4 is 15.5 Å². The summed E-state index contributed by atoms with van der Waals surface area (Å²) in [5.74, 6) is -0.870. The molecular weight excluding hydrogens is 454 g/mol. The summed E-state index contributed by atoms with van der Waals surface area (Å²) in [5.41, 5.74) is 1.61. The third-order valence-electron chi connectivity index (χ3n) is 5.71. The summed E-state index contributed by atoms with van der Waals surface area (Å²) in [7, 11) is 2.12. The molecule has 1 aliphatic rings.